The Morgan fingerprint density at radius 3 is 2.14 bits per heavy atom. The summed E-state index contributed by atoms with van der Waals surface area (Å²) in [4.78, 5) is 42.4. The molecule has 0 aliphatic rings. The van der Waals surface area contributed by atoms with Crippen LogP contribution in [0.5, 0.6) is 0 Å². The second kappa shape index (κ2) is 9.77. The highest BCUT2D eigenvalue weighted by Gasteiger charge is 2.09. The average molecular weight is 316 g/mol. The number of esters is 3. The van der Waals surface area contributed by atoms with E-state index in [4.69, 9.17) is 5.84 Å². The number of aromatic amines is 2. The first kappa shape index (κ1) is 18.9. The summed E-state index contributed by atoms with van der Waals surface area (Å²) in [6.07, 6.45) is 0.895. The Hall–Kier alpha value is -3.08. The standard InChI is InChI=1S/C6H10N2O4.C5H6N2O3/c1-11-5(9)3-4(8-7)6(10)12-2;1-10-5(9)3-2-4(8)7-6-3/h3,8H,7H2,1-2H3;2H,1H3,(H2,6,7,8)/b4-3+;. The lowest BCUT2D eigenvalue weighted by Crippen LogP contribution is -2.28. The zero-order chi connectivity index (χ0) is 17.1. The van der Waals surface area contributed by atoms with Crippen molar-refractivity contribution in [1.82, 2.24) is 15.6 Å². The molecule has 0 amide bonds. The van der Waals surface area contributed by atoms with Gasteiger partial charge in [-0.05, 0) is 0 Å². The maximum atomic E-state index is 10.8. The Kier molecular flexibility index (Phi) is 8.40. The molecule has 0 atom stereocenters. The number of aromatic nitrogens is 2. The van der Waals surface area contributed by atoms with E-state index in [0.717, 1.165) is 12.1 Å². The van der Waals surface area contributed by atoms with Gasteiger partial charge in [0.05, 0.1) is 27.4 Å². The van der Waals surface area contributed by atoms with Crippen LogP contribution in [0.1, 0.15) is 10.5 Å². The highest BCUT2D eigenvalue weighted by Crippen LogP contribution is 1.91. The molecular weight excluding hydrogens is 300 g/mol. The van der Waals surface area contributed by atoms with Gasteiger partial charge in [0.15, 0.2) is 0 Å². The molecule has 11 nitrogen and oxygen atoms in total. The van der Waals surface area contributed by atoms with Gasteiger partial charge >= 0.3 is 17.9 Å². The third-order valence-corrected chi connectivity index (χ3v) is 2.03. The maximum absolute atomic E-state index is 10.8. The minimum absolute atomic E-state index is 0.132. The lowest BCUT2D eigenvalue weighted by atomic mass is 10.4. The fraction of sp³-hybridized carbons (Fsp3) is 0.273. The molecule has 0 spiro atoms. The van der Waals surface area contributed by atoms with E-state index >= 15 is 0 Å². The van der Waals surface area contributed by atoms with Crippen molar-refractivity contribution in [3.05, 3.63) is 33.9 Å². The van der Waals surface area contributed by atoms with Crippen molar-refractivity contribution in [2.75, 3.05) is 21.3 Å². The number of ether oxygens (including phenoxy) is 3. The summed E-state index contributed by atoms with van der Waals surface area (Å²) >= 11 is 0. The van der Waals surface area contributed by atoms with E-state index in [1.165, 1.54) is 21.3 Å². The highest BCUT2D eigenvalue weighted by molar-refractivity contribution is 5.95. The van der Waals surface area contributed by atoms with E-state index in [-0.39, 0.29) is 17.0 Å². The smallest absolute Gasteiger partial charge is 0.356 e. The SMILES string of the molecule is COC(=O)/C=C(/NN)C(=O)OC.COC(=O)c1cc(=O)[nH][nH]1. The first-order chi connectivity index (χ1) is 10.4. The molecule has 0 aromatic carbocycles. The van der Waals surface area contributed by atoms with Gasteiger partial charge in [-0.15, -0.1) is 0 Å². The Balaban J connectivity index is 0.000000406. The van der Waals surface area contributed by atoms with E-state index in [0.29, 0.717) is 0 Å². The number of hydrazine groups is 1. The number of methoxy groups -OCH3 is 3. The van der Waals surface area contributed by atoms with Crippen molar-refractivity contribution >= 4 is 17.9 Å². The molecule has 122 valence electrons. The summed E-state index contributed by atoms with van der Waals surface area (Å²) in [5, 5.41) is 4.55. The van der Waals surface area contributed by atoms with Crippen molar-refractivity contribution in [1.29, 1.82) is 0 Å². The number of nitrogens with two attached hydrogens (primary N) is 1. The van der Waals surface area contributed by atoms with Crippen LogP contribution in [0.3, 0.4) is 0 Å². The van der Waals surface area contributed by atoms with Crippen LogP contribution >= 0.6 is 0 Å². The van der Waals surface area contributed by atoms with Crippen LogP contribution in [0.25, 0.3) is 0 Å². The van der Waals surface area contributed by atoms with Crippen molar-refractivity contribution in [2.24, 2.45) is 5.84 Å². The van der Waals surface area contributed by atoms with Gasteiger partial charge < -0.3 is 19.6 Å². The number of H-pyrrole nitrogens is 2. The minimum Gasteiger partial charge on any atom is -0.466 e. The van der Waals surface area contributed by atoms with E-state index in [1.807, 2.05) is 5.43 Å². The normalized spacial score (nSPS) is 9.91. The summed E-state index contributed by atoms with van der Waals surface area (Å²) in [7, 11) is 3.60. The minimum atomic E-state index is -0.733. The van der Waals surface area contributed by atoms with Crippen molar-refractivity contribution in [3.8, 4) is 0 Å². The lowest BCUT2D eigenvalue weighted by molar-refractivity contribution is -0.138. The fourth-order valence-electron chi connectivity index (χ4n) is 0.998. The zero-order valence-corrected chi connectivity index (χ0v) is 12.1. The van der Waals surface area contributed by atoms with E-state index < -0.39 is 17.9 Å². The van der Waals surface area contributed by atoms with Gasteiger partial charge in [-0.25, -0.2) is 14.4 Å². The zero-order valence-electron chi connectivity index (χ0n) is 12.1. The second-order valence-corrected chi connectivity index (χ2v) is 3.38. The van der Waals surface area contributed by atoms with Crippen molar-refractivity contribution < 1.29 is 28.6 Å². The van der Waals surface area contributed by atoms with Crippen LogP contribution in [0.2, 0.25) is 0 Å². The predicted molar refractivity (Wildman–Crippen MR) is 72.2 cm³/mol. The topological polar surface area (TPSA) is 166 Å². The monoisotopic (exact) mass is 316 g/mol. The van der Waals surface area contributed by atoms with E-state index in [2.05, 4.69) is 24.4 Å². The molecule has 1 rings (SSSR count). The number of carbonyl (C=O) groups is 3. The van der Waals surface area contributed by atoms with Crippen LogP contribution in [0.15, 0.2) is 22.6 Å². The van der Waals surface area contributed by atoms with Crippen LogP contribution in [-0.2, 0) is 23.8 Å². The molecular formula is C11H16N4O7. The van der Waals surface area contributed by atoms with Gasteiger partial charge in [-0.3, -0.25) is 20.8 Å². The number of hydrogen-bond donors (Lipinski definition) is 4. The third kappa shape index (κ3) is 6.38. The Bertz CT molecular complexity index is 602. The first-order valence-electron chi connectivity index (χ1n) is 5.60. The molecule has 0 aliphatic carbocycles. The quantitative estimate of drug-likeness (QED) is 0.164. The van der Waals surface area contributed by atoms with Gasteiger partial charge in [0.2, 0.25) is 0 Å². The molecule has 0 saturated carbocycles. The molecule has 1 heterocycles. The largest absolute Gasteiger partial charge is 0.466 e. The lowest BCUT2D eigenvalue weighted by Gasteiger charge is -2.02. The summed E-state index contributed by atoms with van der Waals surface area (Å²) in [6.45, 7) is 0. The van der Waals surface area contributed by atoms with Crippen molar-refractivity contribution in [2.45, 2.75) is 0 Å². The molecule has 0 aliphatic heterocycles. The molecule has 22 heavy (non-hydrogen) atoms. The molecule has 0 fully saturated rings. The van der Waals surface area contributed by atoms with Gasteiger partial charge in [-0.1, -0.05) is 0 Å². The van der Waals surface area contributed by atoms with Crippen LogP contribution in [0, 0.1) is 0 Å². The summed E-state index contributed by atoms with van der Waals surface area (Å²) < 4.78 is 12.9. The molecule has 11 heteroatoms. The Morgan fingerprint density at radius 2 is 1.77 bits per heavy atom. The van der Waals surface area contributed by atoms with Crippen molar-refractivity contribution in [3.63, 3.8) is 0 Å². The second-order valence-electron chi connectivity index (χ2n) is 3.38. The van der Waals surface area contributed by atoms with E-state index in [9.17, 15) is 19.2 Å². The van der Waals surface area contributed by atoms with Crippen LogP contribution in [-0.4, -0.2) is 49.4 Å². The van der Waals surface area contributed by atoms with Gasteiger partial charge in [0.25, 0.3) is 5.56 Å². The highest BCUT2D eigenvalue weighted by atomic mass is 16.5. The summed E-state index contributed by atoms with van der Waals surface area (Å²) in [5.74, 6) is 2.95. The Morgan fingerprint density at radius 1 is 1.14 bits per heavy atom. The molecule has 0 unspecified atom stereocenters. The molecule has 5 N–H and O–H groups in total. The van der Waals surface area contributed by atoms with Gasteiger partial charge in [0.1, 0.15) is 11.4 Å². The van der Waals surface area contributed by atoms with E-state index in [1.54, 1.807) is 0 Å². The maximum Gasteiger partial charge on any atom is 0.356 e. The molecule has 0 saturated heterocycles. The summed E-state index contributed by atoms with van der Waals surface area (Å²) in [6, 6.07) is 1.13. The molecule has 0 bridgehead atoms. The number of hydrogen-bond acceptors (Lipinski definition) is 9. The number of carbonyl (C=O) groups excluding carboxylic acids is 3. The van der Waals surface area contributed by atoms with Gasteiger partial charge in [0, 0.05) is 6.07 Å². The number of rotatable bonds is 4. The molecule has 1 aromatic rings. The molecule has 0 radical (unpaired) electrons. The fourth-order valence-corrected chi connectivity index (χ4v) is 0.998. The summed E-state index contributed by atoms with van der Waals surface area (Å²) in [5.41, 5.74) is 1.63. The third-order valence-electron chi connectivity index (χ3n) is 2.03. The predicted octanol–water partition coefficient (Wildman–Crippen LogP) is -1.83. The van der Waals surface area contributed by atoms with Crippen LogP contribution < -0.4 is 16.8 Å². The number of nitrogens with one attached hydrogen (secondary N) is 3. The average Bonchev–Trinajstić information content (AvgIpc) is 2.97. The first-order valence-corrected chi connectivity index (χ1v) is 5.60. The van der Waals surface area contributed by atoms with Crippen LogP contribution in [0.4, 0.5) is 0 Å². The molecule has 1 aromatic heterocycles. The Labute approximate surface area is 124 Å². The van der Waals surface area contributed by atoms with Gasteiger partial charge in [-0.2, -0.15) is 0 Å².